The van der Waals surface area contributed by atoms with E-state index in [0.717, 1.165) is 43.5 Å². The number of benzene rings is 1. The normalized spacial score (nSPS) is 12.7. The van der Waals surface area contributed by atoms with Gasteiger partial charge in [-0.1, -0.05) is 32.8 Å². The van der Waals surface area contributed by atoms with E-state index in [4.69, 9.17) is 14.2 Å². The molecule has 5 nitrogen and oxygen atoms in total. The van der Waals surface area contributed by atoms with Crippen molar-refractivity contribution in [1.29, 1.82) is 0 Å². The minimum atomic E-state index is 0.366. The molecule has 0 spiro atoms. The Labute approximate surface area is 162 Å². The number of hydrogen-bond donors (Lipinski definition) is 0. The Hall–Kier alpha value is -2.30. The zero-order valence-corrected chi connectivity index (χ0v) is 16.5. The van der Waals surface area contributed by atoms with Gasteiger partial charge in [-0.3, -0.25) is 0 Å². The molecule has 1 aliphatic carbocycles. The van der Waals surface area contributed by atoms with Gasteiger partial charge in [-0.05, 0) is 55.4 Å². The van der Waals surface area contributed by atoms with Gasteiger partial charge >= 0.3 is 0 Å². The maximum absolute atomic E-state index is 5.94. The van der Waals surface area contributed by atoms with Crippen molar-refractivity contribution in [1.82, 2.24) is 10.2 Å². The van der Waals surface area contributed by atoms with Crippen molar-refractivity contribution in [2.24, 2.45) is 0 Å². The van der Waals surface area contributed by atoms with Crippen LogP contribution in [0.4, 0.5) is 0 Å². The molecule has 0 bridgehead atoms. The molecule has 0 aliphatic heterocycles. The average Bonchev–Trinajstić information content (AvgIpc) is 3.16. The Morgan fingerprint density at radius 3 is 2.44 bits per heavy atom. The number of nitrogens with zero attached hydrogens (tertiary/aromatic N) is 2. The maximum atomic E-state index is 5.94. The average molecular weight is 370 g/mol. The van der Waals surface area contributed by atoms with Gasteiger partial charge in [-0.2, -0.15) is 0 Å². The van der Waals surface area contributed by atoms with Crippen LogP contribution < -0.4 is 14.2 Å². The van der Waals surface area contributed by atoms with Crippen LogP contribution in [-0.4, -0.2) is 23.4 Å². The summed E-state index contributed by atoms with van der Waals surface area (Å²) in [5.41, 5.74) is 3.59. The predicted octanol–water partition coefficient (Wildman–Crippen LogP) is 4.90. The van der Waals surface area contributed by atoms with Crippen molar-refractivity contribution in [3.05, 3.63) is 41.1 Å². The van der Waals surface area contributed by atoms with Crippen LogP contribution in [0.2, 0.25) is 0 Å². The van der Waals surface area contributed by atoms with Crippen LogP contribution >= 0.6 is 0 Å². The van der Waals surface area contributed by atoms with Crippen LogP contribution in [0.25, 0.3) is 0 Å². The lowest BCUT2D eigenvalue weighted by Crippen LogP contribution is -2.07. The number of ether oxygens (including phenoxy) is 3. The SMILES string of the molecule is CCCCOc1cc(COc2ccc3c(c2)CCC3)nnc1OCCCC. The minimum Gasteiger partial charge on any atom is -0.488 e. The van der Waals surface area contributed by atoms with E-state index in [0.29, 0.717) is 31.5 Å². The van der Waals surface area contributed by atoms with Gasteiger partial charge in [-0.15, -0.1) is 10.2 Å². The molecule has 27 heavy (non-hydrogen) atoms. The van der Waals surface area contributed by atoms with E-state index in [1.807, 2.05) is 12.1 Å². The molecule has 0 N–H and O–H groups in total. The second-order valence-electron chi connectivity index (χ2n) is 6.98. The zero-order chi connectivity index (χ0) is 18.9. The first kappa shape index (κ1) is 19.5. The van der Waals surface area contributed by atoms with Gasteiger partial charge in [0.2, 0.25) is 0 Å². The van der Waals surface area contributed by atoms with Gasteiger partial charge < -0.3 is 14.2 Å². The first-order valence-electron chi connectivity index (χ1n) is 10.2. The maximum Gasteiger partial charge on any atom is 0.276 e. The van der Waals surface area contributed by atoms with E-state index >= 15 is 0 Å². The molecular formula is C22H30N2O3. The molecule has 1 aliphatic rings. The lowest BCUT2D eigenvalue weighted by molar-refractivity contribution is 0.246. The number of aryl methyl sites for hydroxylation is 2. The van der Waals surface area contributed by atoms with Gasteiger partial charge in [0.1, 0.15) is 18.1 Å². The molecule has 0 saturated carbocycles. The molecule has 3 rings (SSSR count). The summed E-state index contributed by atoms with van der Waals surface area (Å²) in [6.07, 6.45) is 7.70. The Kier molecular flexibility index (Phi) is 7.31. The molecule has 146 valence electrons. The van der Waals surface area contributed by atoms with Crippen LogP contribution in [0.15, 0.2) is 24.3 Å². The van der Waals surface area contributed by atoms with Gasteiger partial charge in [0.05, 0.1) is 13.2 Å². The van der Waals surface area contributed by atoms with Crippen LogP contribution in [0, 0.1) is 0 Å². The van der Waals surface area contributed by atoms with Crippen LogP contribution in [0.5, 0.6) is 17.4 Å². The molecule has 0 atom stereocenters. The van der Waals surface area contributed by atoms with Crippen molar-refractivity contribution in [2.45, 2.75) is 65.4 Å². The molecule has 0 amide bonds. The van der Waals surface area contributed by atoms with Crippen molar-refractivity contribution in [2.75, 3.05) is 13.2 Å². The largest absolute Gasteiger partial charge is 0.488 e. The number of aromatic nitrogens is 2. The number of rotatable bonds is 11. The summed E-state index contributed by atoms with van der Waals surface area (Å²) in [5.74, 6) is 2.01. The summed E-state index contributed by atoms with van der Waals surface area (Å²) in [4.78, 5) is 0. The quantitative estimate of drug-likeness (QED) is 0.527. The van der Waals surface area contributed by atoms with Gasteiger partial charge in [-0.25, -0.2) is 0 Å². The van der Waals surface area contributed by atoms with Crippen LogP contribution in [0.3, 0.4) is 0 Å². The third kappa shape index (κ3) is 5.59. The summed E-state index contributed by atoms with van der Waals surface area (Å²) in [6, 6.07) is 8.25. The molecule has 0 unspecified atom stereocenters. The molecule has 1 heterocycles. The van der Waals surface area contributed by atoms with Gasteiger partial charge in [0.25, 0.3) is 5.88 Å². The van der Waals surface area contributed by atoms with E-state index in [1.54, 1.807) is 0 Å². The lowest BCUT2D eigenvalue weighted by Gasteiger charge is -2.13. The van der Waals surface area contributed by atoms with E-state index in [9.17, 15) is 0 Å². The third-order valence-corrected chi connectivity index (χ3v) is 4.73. The summed E-state index contributed by atoms with van der Waals surface area (Å²) in [6.45, 7) is 5.92. The van der Waals surface area contributed by atoms with Gasteiger partial charge in [0.15, 0.2) is 5.75 Å². The standard InChI is InChI=1S/C22H30N2O3/c1-3-5-12-25-21-15-19(23-24-22(21)26-13-6-4-2)16-27-20-11-10-17-8-7-9-18(17)14-20/h10-11,14-15H,3-9,12-13,16H2,1-2H3. The van der Waals surface area contributed by atoms with Crippen molar-refractivity contribution in [3.8, 4) is 17.4 Å². The van der Waals surface area contributed by atoms with E-state index in [1.165, 1.54) is 24.0 Å². The molecule has 0 fully saturated rings. The van der Waals surface area contributed by atoms with Crippen molar-refractivity contribution < 1.29 is 14.2 Å². The molecule has 0 radical (unpaired) electrons. The number of hydrogen-bond acceptors (Lipinski definition) is 5. The Morgan fingerprint density at radius 1 is 0.852 bits per heavy atom. The predicted molar refractivity (Wildman–Crippen MR) is 106 cm³/mol. The first-order chi connectivity index (χ1) is 13.3. The molecule has 2 aromatic rings. The van der Waals surface area contributed by atoms with E-state index in [2.05, 4.69) is 36.2 Å². The van der Waals surface area contributed by atoms with Crippen molar-refractivity contribution in [3.63, 3.8) is 0 Å². The van der Waals surface area contributed by atoms with Crippen molar-refractivity contribution >= 4 is 0 Å². The minimum absolute atomic E-state index is 0.366. The first-order valence-corrected chi connectivity index (χ1v) is 10.2. The summed E-state index contributed by atoms with van der Waals surface area (Å²) >= 11 is 0. The van der Waals surface area contributed by atoms with Crippen LogP contribution in [0.1, 0.15) is 62.8 Å². The second-order valence-corrected chi connectivity index (χ2v) is 6.98. The molecular weight excluding hydrogens is 340 g/mol. The molecule has 0 saturated heterocycles. The highest BCUT2D eigenvalue weighted by Crippen LogP contribution is 2.28. The fourth-order valence-corrected chi connectivity index (χ4v) is 3.11. The highest BCUT2D eigenvalue weighted by molar-refractivity contribution is 5.38. The summed E-state index contributed by atoms with van der Waals surface area (Å²) < 4.78 is 17.6. The molecule has 5 heteroatoms. The monoisotopic (exact) mass is 370 g/mol. The fraction of sp³-hybridized carbons (Fsp3) is 0.545. The molecule has 1 aromatic heterocycles. The smallest absolute Gasteiger partial charge is 0.276 e. The Balaban J connectivity index is 1.64. The summed E-state index contributed by atoms with van der Waals surface area (Å²) in [7, 11) is 0. The van der Waals surface area contributed by atoms with Crippen LogP contribution in [-0.2, 0) is 19.4 Å². The lowest BCUT2D eigenvalue weighted by atomic mass is 10.1. The number of unbranched alkanes of at least 4 members (excludes halogenated alkanes) is 2. The zero-order valence-electron chi connectivity index (χ0n) is 16.5. The summed E-state index contributed by atoms with van der Waals surface area (Å²) in [5, 5.41) is 8.48. The molecule has 1 aromatic carbocycles. The Bertz CT molecular complexity index is 733. The topological polar surface area (TPSA) is 53.5 Å². The van der Waals surface area contributed by atoms with E-state index < -0.39 is 0 Å². The third-order valence-electron chi connectivity index (χ3n) is 4.73. The van der Waals surface area contributed by atoms with E-state index in [-0.39, 0.29) is 0 Å². The highest BCUT2D eigenvalue weighted by Gasteiger charge is 2.13. The number of fused-ring (bicyclic) bond motifs is 1. The van der Waals surface area contributed by atoms with Gasteiger partial charge in [0, 0.05) is 6.07 Å². The second kappa shape index (κ2) is 10.1. The highest BCUT2D eigenvalue weighted by atomic mass is 16.5. The fourth-order valence-electron chi connectivity index (χ4n) is 3.11. The Morgan fingerprint density at radius 2 is 1.63 bits per heavy atom.